The smallest absolute Gasteiger partial charge is 0.367 e. The van der Waals surface area contributed by atoms with E-state index in [1.54, 1.807) is 12.7 Å². The summed E-state index contributed by atoms with van der Waals surface area (Å²) in [5.41, 5.74) is 4.88. The topological polar surface area (TPSA) is 102 Å². The van der Waals surface area contributed by atoms with Crippen LogP contribution >= 0.6 is 19.8 Å². The van der Waals surface area contributed by atoms with Gasteiger partial charge < -0.3 is 20.1 Å². The molecule has 14 heteroatoms. The molecule has 4 aromatic rings. The SMILES string of the molecule is CP=O.Cc1c(CN2CCC(Nc3ncnc4sc(CC(F)(F)F)cc34)CC2)ccc2c1cc(C#N)n2CCN1CC2(CCNCC2)C1. The zero-order chi connectivity index (χ0) is 33.9. The van der Waals surface area contributed by atoms with E-state index in [2.05, 4.69) is 66.2 Å². The third kappa shape index (κ3) is 7.84. The standard InChI is InChI=1S/C33H39F3N8S.CH3OP/c1-22-23(2-3-29-27(22)14-25(17-37)44(29)13-12-43-19-32(20-43)6-8-38-9-7-32)18-42-10-4-24(5-11-42)41-30-28-15-26(16-33(34,35)36)45-31(28)40-21-39-30;1-3-2/h2-3,14-15,21,24,38H,4-13,16,18-20H2,1H3,(H,39,40,41);1H3. The van der Waals surface area contributed by atoms with Crippen molar-refractivity contribution in [2.24, 2.45) is 5.41 Å². The molecule has 3 saturated heterocycles. The van der Waals surface area contributed by atoms with E-state index in [0.29, 0.717) is 21.4 Å². The number of likely N-dealkylation sites (tertiary alicyclic amines) is 2. The van der Waals surface area contributed by atoms with Gasteiger partial charge in [-0.05, 0) is 80.4 Å². The molecule has 48 heavy (non-hydrogen) atoms. The van der Waals surface area contributed by atoms with Crippen LogP contribution in [0, 0.1) is 23.7 Å². The van der Waals surface area contributed by atoms with Crippen LogP contribution in [0.25, 0.3) is 21.1 Å². The highest BCUT2D eigenvalue weighted by Gasteiger charge is 2.42. The van der Waals surface area contributed by atoms with E-state index in [9.17, 15) is 18.4 Å². The minimum Gasteiger partial charge on any atom is -0.367 e. The molecule has 256 valence electrons. The van der Waals surface area contributed by atoms with Crippen molar-refractivity contribution in [2.75, 3.05) is 57.8 Å². The van der Waals surface area contributed by atoms with Gasteiger partial charge in [-0.2, -0.15) is 18.4 Å². The lowest BCUT2D eigenvalue weighted by Crippen LogP contribution is -2.60. The van der Waals surface area contributed by atoms with Crippen molar-refractivity contribution in [2.45, 2.75) is 64.3 Å². The van der Waals surface area contributed by atoms with Gasteiger partial charge in [0.1, 0.15) is 28.7 Å². The molecule has 0 bridgehead atoms. The molecule has 3 aliphatic heterocycles. The predicted octanol–water partition coefficient (Wildman–Crippen LogP) is 6.60. The van der Waals surface area contributed by atoms with Gasteiger partial charge in [-0.1, -0.05) is 6.07 Å². The minimum absolute atomic E-state index is 0.167. The second-order valence-corrected chi connectivity index (χ2v) is 14.8. The highest BCUT2D eigenvalue weighted by molar-refractivity contribution is 7.22. The molecule has 9 nitrogen and oxygen atoms in total. The van der Waals surface area contributed by atoms with Gasteiger partial charge in [0.15, 0.2) is 8.46 Å². The molecule has 2 N–H and O–H groups in total. The lowest BCUT2D eigenvalue weighted by Gasteiger charge is -2.52. The van der Waals surface area contributed by atoms with E-state index in [0.717, 1.165) is 86.6 Å². The Balaban J connectivity index is 0.00000129. The van der Waals surface area contributed by atoms with Crippen LogP contribution in [0.5, 0.6) is 0 Å². The van der Waals surface area contributed by atoms with Crippen molar-refractivity contribution >= 4 is 46.7 Å². The summed E-state index contributed by atoms with van der Waals surface area (Å²) in [4.78, 5) is 14.4. The van der Waals surface area contributed by atoms with Crippen LogP contribution < -0.4 is 10.6 Å². The number of fused-ring (bicyclic) bond motifs is 2. The summed E-state index contributed by atoms with van der Waals surface area (Å²) in [6.45, 7) is 12.8. The van der Waals surface area contributed by atoms with E-state index >= 15 is 0 Å². The second kappa shape index (κ2) is 14.8. The van der Waals surface area contributed by atoms with Crippen molar-refractivity contribution in [3.05, 3.63) is 52.3 Å². The Morgan fingerprint density at radius 2 is 1.83 bits per heavy atom. The van der Waals surface area contributed by atoms with Crippen molar-refractivity contribution in [3.63, 3.8) is 0 Å². The van der Waals surface area contributed by atoms with E-state index in [-0.39, 0.29) is 19.4 Å². The molecule has 0 unspecified atom stereocenters. The number of hydrogen-bond acceptors (Lipinski definition) is 9. The lowest BCUT2D eigenvalue weighted by atomic mass is 9.72. The molecule has 3 aromatic heterocycles. The first-order chi connectivity index (χ1) is 23.1. The molecule has 0 atom stereocenters. The van der Waals surface area contributed by atoms with Gasteiger partial charge in [0, 0.05) is 74.3 Å². The van der Waals surface area contributed by atoms with E-state index < -0.39 is 12.6 Å². The van der Waals surface area contributed by atoms with Gasteiger partial charge in [0.25, 0.3) is 0 Å². The number of aromatic nitrogens is 3. The fraction of sp³-hybridized carbons (Fsp3) is 0.559. The molecule has 1 spiro atoms. The van der Waals surface area contributed by atoms with E-state index in [4.69, 9.17) is 4.57 Å². The van der Waals surface area contributed by atoms with Crippen LogP contribution in [0.4, 0.5) is 19.0 Å². The summed E-state index contributed by atoms with van der Waals surface area (Å²) in [7, 11) is 0.167. The Morgan fingerprint density at radius 1 is 1.10 bits per heavy atom. The molecule has 1 aromatic carbocycles. The average Bonchev–Trinajstić information content (AvgIpc) is 3.62. The number of thiophene rings is 1. The first kappa shape index (κ1) is 34.7. The summed E-state index contributed by atoms with van der Waals surface area (Å²) < 4.78 is 49.9. The number of anilines is 1. The number of piperidine rings is 2. The summed E-state index contributed by atoms with van der Waals surface area (Å²) in [5.74, 6) is 0.613. The monoisotopic (exact) mass is 698 g/mol. The summed E-state index contributed by atoms with van der Waals surface area (Å²) in [6, 6.07) is 10.7. The summed E-state index contributed by atoms with van der Waals surface area (Å²) >= 11 is 1.08. The average molecular weight is 699 g/mol. The van der Waals surface area contributed by atoms with Crippen molar-refractivity contribution in [1.82, 2.24) is 29.7 Å². The fourth-order valence-corrected chi connectivity index (χ4v) is 8.60. The van der Waals surface area contributed by atoms with Gasteiger partial charge in [-0.25, -0.2) is 9.97 Å². The van der Waals surface area contributed by atoms with Crippen molar-refractivity contribution in [1.29, 1.82) is 5.26 Å². The number of nitrogens with one attached hydrogen (secondary N) is 2. The molecule has 0 aliphatic carbocycles. The Hall–Kier alpha value is -3.14. The van der Waals surface area contributed by atoms with E-state index in [1.807, 2.05) is 0 Å². The highest BCUT2D eigenvalue weighted by atomic mass is 32.1. The summed E-state index contributed by atoms with van der Waals surface area (Å²) in [6.07, 6.45) is 0.593. The number of nitriles is 1. The first-order valence-corrected chi connectivity index (χ1v) is 18.6. The molecule has 0 amide bonds. The molecule has 0 saturated carbocycles. The Bertz CT molecular complexity index is 1780. The molecule has 7 rings (SSSR count). The lowest BCUT2D eigenvalue weighted by molar-refractivity contribution is -0.126. The summed E-state index contributed by atoms with van der Waals surface area (Å²) in [5, 5.41) is 18.7. The van der Waals surface area contributed by atoms with Gasteiger partial charge in [-0.3, -0.25) is 9.46 Å². The highest BCUT2D eigenvalue weighted by Crippen LogP contribution is 2.39. The minimum atomic E-state index is -4.25. The molecule has 3 aliphatic rings. The van der Waals surface area contributed by atoms with Crippen LogP contribution in [0.3, 0.4) is 0 Å². The third-order valence-electron chi connectivity index (χ3n) is 10.1. The van der Waals surface area contributed by atoms with Crippen LogP contribution in [0.1, 0.15) is 47.4 Å². The zero-order valence-electron chi connectivity index (χ0n) is 27.4. The maximum absolute atomic E-state index is 12.9. The number of nitrogens with zero attached hydrogens (tertiary/aromatic N) is 6. The Kier molecular flexibility index (Phi) is 10.7. The van der Waals surface area contributed by atoms with Crippen LogP contribution in [-0.2, 0) is 24.1 Å². The first-order valence-electron chi connectivity index (χ1n) is 16.6. The quantitative estimate of drug-likeness (QED) is 0.199. The molecule has 0 radical (unpaired) electrons. The second-order valence-electron chi connectivity index (χ2n) is 13.4. The normalized spacial score (nSPS) is 18.9. The number of hydrogen-bond donors (Lipinski definition) is 2. The van der Waals surface area contributed by atoms with Gasteiger partial charge in [-0.15, -0.1) is 11.3 Å². The Morgan fingerprint density at radius 3 is 2.52 bits per heavy atom. The molecule has 6 heterocycles. The van der Waals surface area contributed by atoms with Gasteiger partial charge in [0.2, 0.25) is 0 Å². The van der Waals surface area contributed by atoms with Crippen molar-refractivity contribution < 1.29 is 17.7 Å². The van der Waals surface area contributed by atoms with Crippen LogP contribution in [0.2, 0.25) is 0 Å². The number of halogens is 3. The van der Waals surface area contributed by atoms with Crippen LogP contribution in [-0.4, -0.2) is 89.0 Å². The molecule has 3 fully saturated rings. The van der Waals surface area contributed by atoms with Crippen molar-refractivity contribution in [3.8, 4) is 6.07 Å². The molecular weight excluding hydrogens is 656 g/mol. The number of rotatable bonds is 8. The maximum Gasteiger partial charge on any atom is 0.393 e. The third-order valence-corrected chi connectivity index (χ3v) is 11.1. The number of aryl methyl sites for hydroxylation is 1. The van der Waals surface area contributed by atoms with Crippen LogP contribution in [0.15, 0.2) is 30.6 Å². The fourth-order valence-electron chi connectivity index (χ4n) is 7.58. The maximum atomic E-state index is 12.9. The van der Waals surface area contributed by atoms with E-state index in [1.165, 1.54) is 43.4 Å². The number of benzene rings is 1. The Labute approximate surface area is 284 Å². The molecular formula is C34H42F3N8OPS. The van der Waals surface area contributed by atoms with Gasteiger partial charge >= 0.3 is 6.18 Å². The zero-order valence-corrected chi connectivity index (χ0v) is 29.2. The predicted molar refractivity (Wildman–Crippen MR) is 185 cm³/mol. The largest absolute Gasteiger partial charge is 0.393 e. The number of alkyl halides is 3. The van der Waals surface area contributed by atoms with Gasteiger partial charge in [0.05, 0.1) is 11.8 Å².